The molecule has 0 saturated heterocycles. The Morgan fingerprint density at radius 3 is 2.42 bits per heavy atom. The Hall–Kier alpha value is -4.04. The van der Waals surface area contributed by atoms with Gasteiger partial charge in [0.05, 0.1) is 36.6 Å². The number of halogens is 1. The minimum absolute atomic E-state index is 0.106. The summed E-state index contributed by atoms with van der Waals surface area (Å²) in [4.78, 5) is 40.9. The molecule has 40 heavy (non-hydrogen) atoms. The van der Waals surface area contributed by atoms with E-state index in [1.165, 1.54) is 0 Å². The molecule has 208 valence electrons. The second-order valence-electron chi connectivity index (χ2n) is 11.1. The van der Waals surface area contributed by atoms with Gasteiger partial charge in [0, 0.05) is 23.1 Å². The maximum Gasteiger partial charge on any atom is 0.261 e. The Balaban J connectivity index is 1.50. The maximum absolute atomic E-state index is 13.8. The van der Waals surface area contributed by atoms with Crippen LogP contribution in [0, 0.1) is 12.3 Å². The van der Waals surface area contributed by atoms with E-state index in [9.17, 15) is 14.4 Å². The van der Waals surface area contributed by atoms with E-state index in [2.05, 4.69) is 10.6 Å². The molecule has 0 bridgehead atoms. The van der Waals surface area contributed by atoms with Crippen molar-refractivity contribution < 1.29 is 13.9 Å². The van der Waals surface area contributed by atoms with Crippen LogP contribution >= 0.6 is 11.6 Å². The number of hydrogen-bond donors (Lipinski definition) is 2. The molecule has 0 fully saturated rings. The topological polar surface area (TPSA) is 101 Å². The van der Waals surface area contributed by atoms with Crippen molar-refractivity contribution in [2.75, 3.05) is 22.6 Å². The van der Waals surface area contributed by atoms with E-state index in [1.807, 2.05) is 65.0 Å². The Morgan fingerprint density at radius 2 is 1.77 bits per heavy atom. The van der Waals surface area contributed by atoms with E-state index in [0.717, 1.165) is 17.7 Å². The standard InChI is InChI=1S/C31H32ClN3O5/c1-7-17-10-13-23(40-17)29(31(3,4)5)34-26-25(27(36)28(26)37)33-21-12-11-20(32)19-15-35(30(38)24(19)21)22-14-18(39-6)9-8-16(22)2/h8-14,29,33-34H,7,15H2,1-6H3/t29-/m0/s1. The summed E-state index contributed by atoms with van der Waals surface area (Å²) in [7, 11) is 1.57. The second-order valence-corrected chi connectivity index (χ2v) is 11.5. The third-order valence-electron chi connectivity index (χ3n) is 7.38. The zero-order valence-corrected chi connectivity index (χ0v) is 24.2. The number of anilines is 4. The van der Waals surface area contributed by atoms with Crippen LogP contribution in [0.5, 0.6) is 5.75 Å². The molecule has 3 aromatic carbocycles. The van der Waals surface area contributed by atoms with E-state index in [4.69, 9.17) is 20.8 Å². The van der Waals surface area contributed by atoms with Gasteiger partial charge in [-0.05, 0) is 48.2 Å². The van der Waals surface area contributed by atoms with Gasteiger partial charge in [-0.15, -0.1) is 0 Å². The predicted molar refractivity (Wildman–Crippen MR) is 158 cm³/mol. The summed E-state index contributed by atoms with van der Waals surface area (Å²) in [5.41, 5.74) is 1.66. The van der Waals surface area contributed by atoms with Crippen molar-refractivity contribution in [3.8, 4) is 5.75 Å². The summed E-state index contributed by atoms with van der Waals surface area (Å²) >= 11 is 6.54. The van der Waals surface area contributed by atoms with E-state index < -0.39 is 10.9 Å². The van der Waals surface area contributed by atoms with E-state index in [-0.39, 0.29) is 35.3 Å². The quantitative estimate of drug-likeness (QED) is 0.236. The van der Waals surface area contributed by atoms with Crippen LogP contribution < -0.4 is 31.1 Å². The molecule has 9 heteroatoms. The summed E-state index contributed by atoms with van der Waals surface area (Å²) < 4.78 is 11.4. The SMILES string of the molecule is CCc1ccc([C@H](Nc2c(Nc3ccc(Cl)c4c3C(=O)N(c3cc(OC)ccc3C)C4)c(=O)c2=O)C(C)(C)C)o1. The van der Waals surface area contributed by atoms with Gasteiger partial charge in [-0.3, -0.25) is 14.4 Å². The molecular formula is C31H32ClN3O5. The number of amides is 1. The normalized spacial score (nSPS) is 14.0. The average Bonchev–Trinajstić information content (AvgIpc) is 3.54. The number of fused-ring (bicyclic) bond motifs is 1. The number of aryl methyl sites for hydroxylation is 2. The van der Waals surface area contributed by atoms with Crippen LogP contribution in [0.15, 0.2) is 56.5 Å². The molecule has 0 radical (unpaired) electrons. The van der Waals surface area contributed by atoms with Crippen LogP contribution in [0.1, 0.15) is 66.7 Å². The molecule has 0 aliphatic carbocycles. The first kappa shape index (κ1) is 27.5. The number of carbonyl (C=O) groups excluding carboxylic acids is 1. The minimum atomic E-state index is -0.654. The molecule has 1 aromatic heterocycles. The highest BCUT2D eigenvalue weighted by atomic mass is 35.5. The lowest BCUT2D eigenvalue weighted by atomic mass is 9.85. The van der Waals surface area contributed by atoms with Gasteiger partial charge < -0.3 is 24.7 Å². The first-order valence-corrected chi connectivity index (χ1v) is 13.6. The highest BCUT2D eigenvalue weighted by Crippen LogP contribution is 2.41. The molecule has 1 aliphatic rings. The summed E-state index contributed by atoms with van der Waals surface area (Å²) in [6, 6.07) is 12.3. The van der Waals surface area contributed by atoms with E-state index in [0.29, 0.717) is 39.0 Å². The van der Waals surface area contributed by atoms with Crippen LogP contribution in [0.3, 0.4) is 0 Å². The molecule has 0 spiro atoms. The van der Waals surface area contributed by atoms with Gasteiger partial charge in [-0.2, -0.15) is 0 Å². The first-order valence-electron chi connectivity index (χ1n) is 13.2. The van der Waals surface area contributed by atoms with Crippen molar-refractivity contribution in [2.24, 2.45) is 5.41 Å². The van der Waals surface area contributed by atoms with Gasteiger partial charge in [-0.25, -0.2) is 0 Å². The molecule has 5 rings (SSSR count). The average molecular weight is 562 g/mol. The van der Waals surface area contributed by atoms with E-state index in [1.54, 1.807) is 24.1 Å². The first-order chi connectivity index (χ1) is 18.9. The lowest BCUT2D eigenvalue weighted by Gasteiger charge is -2.31. The fraction of sp³-hybridized carbons (Fsp3) is 0.323. The Kier molecular flexibility index (Phi) is 7.00. The minimum Gasteiger partial charge on any atom is -0.497 e. The Bertz CT molecular complexity index is 1690. The summed E-state index contributed by atoms with van der Waals surface area (Å²) in [5, 5.41) is 6.79. The Morgan fingerprint density at radius 1 is 1.05 bits per heavy atom. The fourth-order valence-corrected chi connectivity index (χ4v) is 5.29. The van der Waals surface area contributed by atoms with Gasteiger partial charge >= 0.3 is 0 Å². The van der Waals surface area contributed by atoms with Gasteiger partial charge in [0.25, 0.3) is 16.8 Å². The molecule has 4 aromatic rings. The summed E-state index contributed by atoms with van der Waals surface area (Å²) in [6.45, 7) is 10.3. The monoisotopic (exact) mass is 561 g/mol. The van der Waals surface area contributed by atoms with Crippen LogP contribution in [0.2, 0.25) is 5.02 Å². The van der Waals surface area contributed by atoms with Crippen LogP contribution in [0.25, 0.3) is 0 Å². The smallest absolute Gasteiger partial charge is 0.261 e. The largest absolute Gasteiger partial charge is 0.497 e. The maximum atomic E-state index is 13.8. The lowest BCUT2D eigenvalue weighted by molar-refractivity contribution is 0.0997. The molecule has 0 saturated carbocycles. The number of methoxy groups -OCH3 is 1. The van der Waals surface area contributed by atoms with Gasteiger partial charge in [0.15, 0.2) is 0 Å². The zero-order valence-electron chi connectivity index (χ0n) is 23.4. The zero-order chi connectivity index (χ0) is 28.9. The number of ether oxygens (including phenoxy) is 1. The van der Waals surface area contributed by atoms with Gasteiger partial charge in [0.2, 0.25) is 0 Å². The number of furan rings is 1. The number of hydrogen-bond acceptors (Lipinski definition) is 7. The number of carbonyl (C=O) groups is 1. The predicted octanol–water partition coefficient (Wildman–Crippen LogP) is 6.51. The van der Waals surface area contributed by atoms with Crippen molar-refractivity contribution in [1.29, 1.82) is 0 Å². The molecule has 0 unspecified atom stereocenters. The van der Waals surface area contributed by atoms with Crippen LogP contribution in [0.4, 0.5) is 22.7 Å². The molecule has 1 amide bonds. The van der Waals surface area contributed by atoms with E-state index >= 15 is 0 Å². The lowest BCUT2D eigenvalue weighted by Crippen LogP contribution is -2.39. The summed E-state index contributed by atoms with van der Waals surface area (Å²) in [5.74, 6) is 1.87. The van der Waals surface area contributed by atoms with Gasteiger partial charge in [0.1, 0.15) is 28.6 Å². The number of rotatable bonds is 8. The highest BCUT2D eigenvalue weighted by Gasteiger charge is 2.36. The molecule has 1 atom stereocenters. The van der Waals surface area contributed by atoms with Crippen molar-refractivity contribution in [3.63, 3.8) is 0 Å². The van der Waals surface area contributed by atoms with Gasteiger partial charge in [-0.1, -0.05) is 45.4 Å². The molecule has 2 N–H and O–H groups in total. The molecule has 2 heterocycles. The molecule has 8 nitrogen and oxygen atoms in total. The highest BCUT2D eigenvalue weighted by molar-refractivity contribution is 6.33. The van der Waals surface area contributed by atoms with Crippen molar-refractivity contribution in [1.82, 2.24) is 0 Å². The third-order valence-corrected chi connectivity index (χ3v) is 7.73. The fourth-order valence-electron chi connectivity index (χ4n) is 5.07. The second kappa shape index (κ2) is 10.2. The van der Waals surface area contributed by atoms with Crippen molar-refractivity contribution in [2.45, 2.75) is 53.6 Å². The summed E-state index contributed by atoms with van der Waals surface area (Å²) in [6.07, 6.45) is 0.742. The van der Waals surface area contributed by atoms with Crippen molar-refractivity contribution >= 4 is 40.3 Å². The molecular weight excluding hydrogens is 530 g/mol. The van der Waals surface area contributed by atoms with Crippen molar-refractivity contribution in [3.05, 3.63) is 96.1 Å². The van der Waals surface area contributed by atoms with Crippen LogP contribution in [-0.2, 0) is 13.0 Å². The number of nitrogens with zero attached hydrogens (tertiary/aromatic N) is 1. The molecule has 1 aliphatic heterocycles. The third kappa shape index (κ3) is 4.66. The Labute approximate surface area is 237 Å². The number of benzene rings is 2. The number of nitrogens with one attached hydrogen (secondary N) is 2. The van der Waals surface area contributed by atoms with Crippen LogP contribution in [-0.4, -0.2) is 13.0 Å².